The number of nitrogens with zero attached hydrogens (tertiary/aromatic N) is 2. The summed E-state index contributed by atoms with van der Waals surface area (Å²) in [5, 5.41) is 1.10. The molecule has 2 aliphatic rings. The lowest BCUT2D eigenvalue weighted by atomic mass is 9.70. The van der Waals surface area contributed by atoms with Gasteiger partial charge in [0.1, 0.15) is 17.0 Å². The van der Waals surface area contributed by atoms with Crippen LogP contribution in [0.1, 0.15) is 51.3 Å². The number of aromatic nitrogens is 2. The van der Waals surface area contributed by atoms with Gasteiger partial charge >= 0.3 is 0 Å². The molecule has 0 amide bonds. The Kier molecular flexibility index (Phi) is 3.26. The largest absolute Gasteiger partial charge is 0.494 e. The number of hydrogen-bond donors (Lipinski definition) is 1. The Morgan fingerprint density at radius 3 is 2.58 bits per heavy atom. The molecule has 5 nitrogen and oxygen atoms in total. The normalized spacial score (nSPS) is 20.3. The Hall–Kier alpha value is -2.95. The molecule has 2 N–H and O–H groups in total. The fraction of sp³-hybridized carbons (Fsp3) is 0.286. The van der Waals surface area contributed by atoms with Gasteiger partial charge in [0.05, 0.1) is 12.8 Å². The van der Waals surface area contributed by atoms with Gasteiger partial charge in [-0.05, 0) is 48.6 Å². The lowest BCUT2D eigenvalue weighted by molar-refractivity contribution is 0.111. The predicted molar refractivity (Wildman–Crippen MR) is 99.8 cm³/mol. The molecule has 2 atom stereocenters. The van der Waals surface area contributed by atoms with Gasteiger partial charge < -0.3 is 10.5 Å². The van der Waals surface area contributed by atoms with Crippen molar-refractivity contribution in [1.29, 1.82) is 0 Å². The molecule has 130 valence electrons. The summed E-state index contributed by atoms with van der Waals surface area (Å²) in [5.74, 6) is 1.49. The summed E-state index contributed by atoms with van der Waals surface area (Å²) in [6, 6.07) is 10.2. The topological polar surface area (TPSA) is 78.1 Å². The van der Waals surface area contributed by atoms with Crippen LogP contribution in [0.3, 0.4) is 0 Å². The zero-order valence-corrected chi connectivity index (χ0v) is 14.5. The molecule has 2 aromatic heterocycles. The zero-order chi connectivity index (χ0) is 17.8. The molecular formula is C21H19N3O2. The second-order valence-corrected chi connectivity index (χ2v) is 7.23. The van der Waals surface area contributed by atoms with E-state index in [1.54, 1.807) is 7.11 Å². The number of carbonyl (C=O) groups excluding carboxylic acids is 1. The third-order valence-corrected chi connectivity index (χ3v) is 5.72. The van der Waals surface area contributed by atoms with Crippen LogP contribution in [0.4, 0.5) is 5.69 Å². The number of benzene rings is 1. The molecule has 2 aliphatic carbocycles. The quantitative estimate of drug-likeness (QED) is 0.720. The third kappa shape index (κ3) is 2.13. The second-order valence-electron chi connectivity index (χ2n) is 7.23. The van der Waals surface area contributed by atoms with Crippen LogP contribution in [-0.2, 0) is 12.8 Å². The first-order chi connectivity index (χ1) is 12.7. The molecule has 0 saturated carbocycles. The van der Waals surface area contributed by atoms with Crippen molar-refractivity contribution in [3.8, 4) is 5.75 Å². The average Bonchev–Trinajstić information content (AvgIpc) is 2.66. The number of carbonyl (C=O) groups is 1. The van der Waals surface area contributed by atoms with E-state index in [0.29, 0.717) is 23.2 Å². The summed E-state index contributed by atoms with van der Waals surface area (Å²) in [5.41, 5.74) is 12.4. The first-order valence-electron chi connectivity index (χ1n) is 8.89. The molecule has 3 aromatic rings. The van der Waals surface area contributed by atoms with Crippen LogP contribution in [0, 0.1) is 0 Å². The third-order valence-electron chi connectivity index (χ3n) is 5.72. The number of rotatable bonds is 2. The molecule has 0 fully saturated rings. The van der Waals surface area contributed by atoms with E-state index in [4.69, 9.17) is 15.5 Å². The van der Waals surface area contributed by atoms with E-state index in [2.05, 4.69) is 17.1 Å². The van der Waals surface area contributed by atoms with Crippen LogP contribution in [0.25, 0.3) is 10.9 Å². The van der Waals surface area contributed by atoms with Crippen LogP contribution < -0.4 is 10.5 Å². The van der Waals surface area contributed by atoms with E-state index in [0.717, 1.165) is 53.5 Å². The van der Waals surface area contributed by atoms with Gasteiger partial charge in [0.2, 0.25) is 0 Å². The number of nitrogen functional groups attached to an aromatic ring is 1. The van der Waals surface area contributed by atoms with Crippen molar-refractivity contribution in [2.75, 3.05) is 12.8 Å². The molecule has 0 spiro atoms. The average molecular weight is 345 g/mol. The van der Waals surface area contributed by atoms with Gasteiger partial charge in [-0.25, -0.2) is 9.97 Å². The minimum atomic E-state index is 0.320. The molecule has 0 unspecified atom stereocenters. The van der Waals surface area contributed by atoms with E-state index in [9.17, 15) is 4.79 Å². The monoisotopic (exact) mass is 345 g/mol. The number of fused-ring (bicyclic) bond motifs is 7. The summed E-state index contributed by atoms with van der Waals surface area (Å²) in [6.45, 7) is 0. The molecule has 0 saturated heterocycles. The van der Waals surface area contributed by atoms with Crippen molar-refractivity contribution < 1.29 is 9.53 Å². The smallest absolute Gasteiger partial charge is 0.170 e. The Morgan fingerprint density at radius 1 is 1.12 bits per heavy atom. The van der Waals surface area contributed by atoms with Crippen LogP contribution in [0.15, 0.2) is 30.3 Å². The number of para-hydroxylation sites is 1. The van der Waals surface area contributed by atoms with Crippen molar-refractivity contribution in [2.24, 2.45) is 0 Å². The van der Waals surface area contributed by atoms with Gasteiger partial charge in [-0.3, -0.25) is 4.79 Å². The van der Waals surface area contributed by atoms with E-state index in [1.807, 2.05) is 18.2 Å². The fourth-order valence-electron chi connectivity index (χ4n) is 4.58. The van der Waals surface area contributed by atoms with E-state index in [-0.39, 0.29) is 0 Å². The van der Waals surface area contributed by atoms with Crippen LogP contribution >= 0.6 is 0 Å². The van der Waals surface area contributed by atoms with Gasteiger partial charge in [-0.1, -0.05) is 12.1 Å². The molecule has 0 aliphatic heterocycles. The Balaban J connectivity index is 1.66. The number of pyridine rings is 2. The standard InChI is InChI=1S/C21H19N3O2/c1-26-18-4-2-3-11-5-12-6-13-7-14(20(12)24-21(11)18)8-15-9-16(22)17(10-25)23-19(13)15/h2-5,9-10,13-14H,6-8,22H2,1H3/t13-,14+/m0/s1. The van der Waals surface area contributed by atoms with Crippen molar-refractivity contribution >= 4 is 22.9 Å². The molecule has 2 heterocycles. The fourth-order valence-corrected chi connectivity index (χ4v) is 4.58. The Morgan fingerprint density at radius 2 is 1.85 bits per heavy atom. The SMILES string of the molecule is COc1cccc2cc3c(nc12)[C@H]1Cc2cc(N)c(C=O)nc2[C@@H](C3)C1. The summed E-state index contributed by atoms with van der Waals surface area (Å²) in [7, 11) is 1.68. The summed E-state index contributed by atoms with van der Waals surface area (Å²) in [6.07, 6.45) is 3.53. The van der Waals surface area contributed by atoms with Crippen molar-refractivity contribution in [2.45, 2.75) is 31.1 Å². The minimum absolute atomic E-state index is 0.320. The number of anilines is 1. The molecule has 0 radical (unpaired) electrons. The summed E-state index contributed by atoms with van der Waals surface area (Å²) in [4.78, 5) is 20.8. The zero-order valence-electron chi connectivity index (χ0n) is 14.5. The van der Waals surface area contributed by atoms with Gasteiger partial charge in [0.15, 0.2) is 6.29 Å². The molecule has 5 rings (SSSR count). The minimum Gasteiger partial charge on any atom is -0.494 e. The molecular weight excluding hydrogens is 326 g/mol. The highest BCUT2D eigenvalue weighted by Gasteiger charge is 2.36. The molecule has 1 aromatic carbocycles. The van der Waals surface area contributed by atoms with Gasteiger partial charge in [0.25, 0.3) is 0 Å². The highest BCUT2D eigenvalue weighted by molar-refractivity contribution is 5.85. The Labute approximate surface area is 151 Å². The molecule has 2 bridgehead atoms. The number of methoxy groups -OCH3 is 1. The maximum Gasteiger partial charge on any atom is 0.170 e. The summed E-state index contributed by atoms with van der Waals surface area (Å²) < 4.78 is 5.50. The number of ether oxygens (including phenoxy) is 1. The van der Waals surface area contributed by atoms with Crippen LogP contribution in [-0.4, -0.2) is 23.4 Å². The predicted octanol–water partition coefficient (Wildman–Crippen LogP) is 3.40. The second kappa shape index (κ2) is 5.53. The van der Waals surface area contributed by atoms with Crippen molar-refractivity contribution in [3.05, 3.63) is 58.5 Å². The lowest BCUT2D eigenvalue weighted by Crippen LogP contribution is -2.27. The van der Waals surface area contributed by atoms with Crippen LogP contribution in [0.5, 0.6) is 5.75 Å². The van der Waals surface area contributed by atoms with Gasteiger partial charge in [0, 0.05) is 28.6 Å². The molecule has 26 heavy (non-hydrogen) atoms. The maximum atomic E-state index is 11.2. The van der Waals surface area contributed by atoms with E-state index in [1.165, 1.54) is 11.3 Å². The number of hydrogen-bond acceptors (Lipinski definition) is 5. The highest BCUT2D eigenvalue weighted by atomic mass is 16.5. The number of nitrogens with two attached hydrogens (primary N) is 1. The summed E-state index contributed by atoms with van der Waals surface area (Å²) >= 11 is 0. The first kappa shape index (κ1) is 15.3. The van der Waals surface area contributed by atoms with E-state index < -0.39 is 0 Å². The Bertz CT molecular complexity index is 1060. The lowest BCUT2D eigenvalue weighted by Gasteiger charge is -2.36. The van der Waals surface area contributed by atoms with Gasteiger partial charge in [-0.15, -0.1) is 0 Å². The maximum absolute atomic E-state index is 11.2. The van der Waals surface area contributed by atoms with E-state index >= 15 is 0 Å². The van der Waals surface area contributed by atoms with Crippen molar-refractivity contribution in [3.63, 3.8) is 0 Å². The van der Waals surface area contributed by atoms with Crippen LogP contribution in [0.2, 0.25) is 0 Å². The number of aldehydes is 1. The van der Waals surface area contributed by atoms with Crippen molar-refractivity contribution in [1.82, 2.24) is 9.97 Å². The first-order valence-corrected chi connectivity index (χ1v) is 8.89. The molecule has 5 heteroatoms. The highest BCUT2D eigenvalue weighted by Crippen LogP contribution is 2.47. The van der Waals surface area contributed by atoms with Gasteiger partial charge in [-0.2, -0.15) is 0 Å².